The summed E-state index contributed by atoms with van der Waals surface area (Å²) < 4.78 is 9.29. The number of hydrogen-bond donors (Lipinski definition) is 0. The minimum atomic E-state index is -0.0664. The van der Waals surface area contributed by atoms with Gasteiger partial charge in [-0.05, 0) is 48.4 Å². The van der Waals surface area contributed by atoms with Crippen molar-refractivity contribution in [3.8, 4) is 34.3 Å². The fourth-order valence-corrected chi connectivity index (χ4v) is 4.08. The Labute approximate surface area is 202 Å². The van der Waals surface area contributed by atoms with E-state index in [2.05, 4.69) is 17.2 Å². The molecule has 0 N–H and O–H groups in total. The van der Waals surface area contributed by atoms with Crippen LogP contribution in [0.1, 0.15) is 16.7 Å². The van der Waals surface area contributed by atoms with E-state index in [1.54, 1.807) is 30.1 Å². The largest absolute Gasteiger partial charge is 0.471 e. The van der Waals surface area contributed by atoms with Gasteiger partial charge in [-0.3, -0.25) is 9.48 Å². The van der Waals surface area contributed by atoms with E-state index in [1.807, 2.05) is 56.6 Å². The number of benzene rings is 2. The van der Waals surface area contributed by atoms with Gasteiger partial charge in [0.2, 0.25) is 11.4 Å². The van der Waals surface area contributed by atoms with Crippen molar-refractivity contribution in [3.63, 3.8) is 0 Å². The van der Waals surface area contributed by atoms with Crippen LogP contribution in [0.15, 0.2) is 77.9 Å². The Balaban J connectivity index is 1.36. The minimum absolute atomic E-state index is 0.0664. The predicted octanol–water partition coefficient (Wildman–Crippen LogP) is 4.76. The SMILES string of the molecule is Cc1cc2cc(C#N)ccc2nc1-c1ccc(COc2nn(C)cc2-c2ccc(=O)n(C)c2)cc1. The summed E-state index contributed by atoms with van der Waals surface area (Å²) in [6.45, 7) is 2.39. The monoisotopic (exact) mass is 461 g/mol. The van der Waals surface area contributed by atoms with Gasteiger partial charge in [0.15, 0.2) is 0 Å². The fraction of sp³-hybridized carbons (Fsp3) is 0.143. The third kappa shape index (κ3) is 4.42. The Morgan fingerprint density at radius 1 is 0.971 bits per heavy atom. The van der Waals surface area contributed by atoms with Gasteiger partial charge in [-0.1, -0.05) is 24.3 Å². The molecule has 5 rings (SSSR count). The van der Waals surface area contributed by atoms with Crippen LogP contribution in [0.25, 0.3) is 33.3 Å². The predicted molar refractivity (Wildman–Crippen MR) is 135 cm³/mol. The van der Waals surface area contributed by atoms with Crippen LogP contribution >= 0.6 is 0 Å². The summed E-state index contributed by atoms with van der Waals surface area (Å²) in [5, 5.41) is 14.5. The number of nitrogens with zero attached hydrogens (tertiary/aromatic N) is 5. The van der Waals surface area contributed by atoms with Crippen molar-refractivity contribution >= 4 is 10.9 Å². The number of aromatic nitrogens is 4. The van der Waals surface area contributed by atoms with Crippen LogP contribution in [0.4, 0.5) is 0 Å². The summed E-state index contributed by atoms with van der Waals surface area (Å²) in [6, 6.07) is 21.2. The molecule has 3 heterocycles. The molecule has 0 fully saturated rings. The van der Waals surface area contributed by atoms with Gasteiger partial charge in [0.25, 0.3) is 0 Å². The molecule has 0 aliphatic heterocycles. The molecular weight excluding hydrogens is 438 g/mol. The van der Waals surface area contributed by atoms with Crippen LogP contribution in [-0.4, -0.2) is 19.3 Å². The standard InChI is InChI=1S/C28H23N5O2/c1-18-12-23-13-20(14-29)6-10-25(23)30-27(18)21-7-4-19(5-8-21)17-35-28-24(16-33(3)31-28)22-9-11-26(34)32(2)15-22/h4-13,15-16H,17H2,1-3H3. The zero-order valence-electron chi connectivity index (χ0n) is 19.7. The maximum Gasteiger partial charge on any atom is 0.250 e. The fourth-order valence-electron chi connectivity index (χ4n) is 4.08. The number of aryl methyl sites for hydroxylation is 3. The summed E-state index contributed by atoms with van der Waals surface area (Å²) in [5.41, 5.74) is 7.10. The highest BCUT2D eigenvalue weighted by Crippen LogP contribution is 2.29. The molecule has 0 saturated heterocycles. The first-order valence-electron chi connectivity index (χ1n) is 11.2. The van der Waals surface area contributed by atoms with Crippen LogP contribution in [0.2, 0.25) is 0 Å². The first-order valence-corrected chi connectivity index (χ1v) is 11.2. The molecule has 0 spiro atoms. The molecule has 7 heteroatoms. The Hall–Kier alpha value is -4.70. The molecule has 0 saturated carbocycles. The number of nitriles is 1. The lowest BCUT2D eigenvalue weighted by molar-refractivity contribution is 0.292. The number of rotatable bonds is 5. The lowest BCUT2D eigenvalue weighted by atomic mass is 10.0. The number of pyridine rings is 2. The second-order valence-electron chi connectivity index (χ2n) is 8.55. The number of hydrogen-bond acceptors (Lipinski definition) is 5. The Morgan fingerprint density at radius 3 is 2.49 bits per heavy atom. The first-order chi connectivity index (χ1) is 16.9. The van der Waals surface area contributed by atoms with Gasteiger partial charge < -0.3 is 9.30 Å². The second kappa shape index (κ2) is 8.92. The zero-order valence-corrected chi connectivity index (χ0v) is 19.7. The van der Waals surface area contributed by atoms with E-state index in [0.29, 0.717) is 18.1 Å². The van der Waals surface area contributed by atoms with Crippen molar-refractivity contribution in [2.75, 3.05) is 0 Å². The minimum Gasteiger partial charge on any atom is -0.471 e. The Morgan fingerprint density at radius 2 is 1.74 bits per heavy atom. The van der Waals surface area contributed by atoms with E-state index in [4.69, 9.17) is 15.0 Å². The van der Waals surface area contributed by atoms with Crippen molar-refractivity contribution in [3.05, 3.63) is 100 Å². The molecule has 172 valence electrons. The maximum absolute atomic E-state index is 11.7. The van der Waals surface area contributed by atoms with Crippen LogP contribution in [0.5, 0.6) is 5.88 Å². The highest BCUT2D eigenvalue weighted by molar-refractivity contribution is 5.84. The maximum atomic E-state index is 11.7. The number of fused-ring (bicyclic) bond motifs is 1. The van der Waals surface area contributed by atoms with Crippen molar-refractivity contribution in [2.24, 2.45) is 14.1 Å². The second-order valence-corrected chi connectivity index (χ2v) is 8.55. The smallest absolute Gasteiger partial charge is 0.250 e. The molecule has 0 bridgehead atoms. The average molecular weight is 462 g/mol. The van der Waals surface area contributed by atoms with Crippen molar-refractivity contribution in [1.82, 2.24) is 19.3 Å². The van der Waals surface area contributed by atoms with Gasteiger partial charge in [0, 0.05) is 49.1 Å². The highest BCUT2D eigenvalue weighted by Gasteiger charge is 2.13. The van der Waals surface area contributed by atoms with E-state index in [9.17, 15) is 4.79 Å². The molecule has 7 nitrogen and oxygen atoms in total. The third-order valence-electron chi connectivity index (χ3n) is 5.93. The molecule has 0 atom stereocenters. The van der Waals surface area contributed by atoms with Crippen molar-refractivity contribution < 1.29 is 4.74 Å². The Kier molecular flexibility index (Phi) is 5.63. The first kappa shape index (κ1) is 22.1. The van der Waals surface area contributed by atoms with Crippen LogP contribution in [0.3, 0.4) is 0 Å². The lowest BCUT2D eigenvalue weighted by Gasteiger charge is -2.10. The van der Waals surface area contributed by atoms with Crippen LogP contribution < -0.4 is 10.3 Å². The molecule has 5 aromatic rings. The van der Waals surface area contributed by atoms with Gasteiger partial charge in [0.1, 0.15) is 6.61 Å². The van der Waals surface area contributed by atoms with Crippen LogP contribution in [0, 0.1) is 18.3 Å². The molecule has 0 unspecified atom stereocenters. The summed E-state index contributed by atoms with van der Waals surface area (Å²) in [4.78, 5) is 16.6. The summed E-state index contributed by atoms with van der Waals surface area (Å²) in [6.07, 6.45) is 3.66. The normalized spacial score (nSPS) is 10.9. The highest BCUT2D eigenvalue weighted by atomic mass is 16.5. The van der Waals surface area contributed by atoms with Crippen LogP contribution in [-0.2, 0) is 20.7 Å². The van der Waals surface area contributed by atoms with Crippen molar-refractivity contribution in [2.45, 2.75) is 13.5 Å². The molecule has 0 radical (unpaired) electrons. The number of ether oxygens (including phenoxy) is 1. The molecule has 3 aromatic heterocycles. The molecule has 0 amide bonds. The van der Waals surface area contributed by atoms with Gasteiger partial charge in [-0.25, -0.2) is 4.98 Å². The van der Waals surface area contributed by atoms with Gasteiger partial charge in [-0.15, -0.1) is 5.10 Å². The summed E-state index contributed by atoms with van der Waals surface area (Å²) >= 11 is 0. The van der Waals surface area contributed by atoms with E-state index in [-0.39, 0.29) is 5.56 Å². The zero-order chi connectivity index (χ0) is 24.5. The van der Waals surface area contributed by atoms with E-state index in [0.717, 1.165) is 44.4 Å². The third-order valence-corrected chi connectivity index (χ3v) is 5.93. The van der Waals surface area contributed by atoms with E-state index in [1.165, 1.54) is 10.6 Å². The van der Waals surface area contributed by atoms with Crippen molar-refractivity contribution in [1.29, 1.82) is 5.26 Å². The van der Waals surface area contributed by atoms with Gasteiger partial charge in [0.05, 0.1) is 28.4 Å². The Bertz CT molecular complexity index is 1660. The molecule has 0 aliphatic rings. The van der Waals surface area contributed by atoms with E-state index < -0.39 is 0 Å². The summed E-state index contributed by atoms with van der Waals surface area (Å²) in [5.74, 6) is 0.513. The quantitative estimate of drug-likeness (QED) is 0.377. The average Bonchev–Trinajstić information content (AvgIpc) is 3.24. The topological polar surface area (TPSA) is 85.7 Å². The van der Waals surface area contributed by atoms with Gasteiger partial charge in [-0.2, -0.15) is 5.26 Å². The van der Waals surface area contributed by atoms with Gasteiger partial charge >= 0.3 is 0 Å². The molecule has 2 aromatic carbocycles. The molecule has 0 aliphatic carbocycles. The van der Waals surface area contributed by atoms with E-state index >= 15 is 0 Å². The lowest BCUT2D eigenvalue weighted by Crippen LogP contribution is -2.13. The molecule has 35 heavy (non-hydrogen) atoms. The molecular formula is C28H23N5O2. The summed E-state index contributed by atoms with van der Waals surface area (Å²) in [7, 11) is 3.56.